The third-order valence-corrected chi connectivity index (χ3v) is 3.24. The lowest BCUT2D eigenvalue weighted by Crippen LogP contribution is -1.94. The summed E-state index contributed by atoms with van der Waals surface area (Å²) in [4.78, 5) is 9.59. The summed E-state index contributed by atoms with van der Waals surface area (Å²) in [5.41, 5.74) is 2.17. The lowest BCUT2D eigenvalue weighted by Gasteiger charge is -2.15. The van der Waals surface area contributed by atoms with Gasteiger partial charge in [0.1, 0.15) is 5.75 Å². The molecule has 1 unspecified atom stereocenters. The van der Waals surface area contributed by atoms with Gasteiger partial charge in [0.15, 0.2) is 0 Å². The summed E-state index contributed by atoms with van der Waals surface area (Å²) in [5, 5.41) is 0. The van der Waals surface area contributed by atoms with E-state index in [4.69, 9.17) is 4.52 Å². The van der Waals surface area contributed by atoms with E-state index < -0.39 is 8.38 Å². The molecule has 0 amide bonds. The summed E-state index contributed by atoms with van der Waals surface area (Å²) in [7, 11) is -1.29. The van der Waals surface area contributed by atoms with Crippen molar-refractivity contribution in [3.05, 3.63) is 29.3 Å². The molecule has 3 heteroatoms. The average molecular weight is 212 g/mol. The second kappa shape index (κ2) is 5.33. The SMILES string of the molecule is CCCP(O)Oc1c(C)cccc1C. The smallest absolute Gasteiger partial charge is 0.227 e. The molecule has 2 nitrogen and oxygen atoms in total. The van der Waals surface area contributed by atoms with E-state index in [1.807, 2.05) is 39.0 Å². The zero-order valence-corrected chi connectivity index (χ0v) is 9.84. The maximum atomic E-state index is 9.59. The molecule has 14 heavy (non-hydrogen) atoms. The van der Waals surface area contributed by atoms with Crippen LogP contribution in [0.1, 0.15) is 24.5 Å². The molecule has 1 aromatic rings. The van der Waals surface area contributed by atoms with Gasteiger partial charge in [-0.2, -0.15) is 0 Å². The minimum Gasteiger partial charge on any atom is -0.447 e. The van der Waals surface area contributed by atoms with Gasteiger partial charge >= 0.3 is 0 Å². The van der Waals surface area contributed by atoms with Crippen LogP contribution in [0.25, 0.3) is 0 Å². The van der Waals surface area contributed by atoms with Crippen molar-refractivity contribution in [2.75, 3.05) is 6.16 Å². The Morgan fingerprint density at radius 3 is 2.36 bits per heavy atom. The molecule has 0 saturated carbocycles. The van der Waals surface area contributed by atoms with Crippen molar-refractivity contribution in [2.45, 2.75) is 27.2 Å². The molecule has 78 valence electrons. The Morgan fingerprint density at radius 1 is 1.29 bits per heavy atom. The Balaban J connectivity index is 2.75. The van der Waals surface area contributed by atoms with Crippen LogP contribution in [0.15, 0.2) is 18.2 Å². The summed E-state index contributed by atoms with van der Waals surface area (Å²) in [5.74, 6) is 0.842. The standard InChI is InChI=1S/C11H17O2P/c1-4-8-14(12)13-11-9(2)6-5-7-10(11)3/h5-7,12H,4,8H2,1-3H3. The van der Waals surface area contributed by atoms with Crippen molar-refractivity contribution in [2.24, 2.45) is 0 Å². The molecule has 0 bridgehead atoms. The normalized spacial score (nSPS) is 12.6. The molecule has 0 aliphatic heterocycles. The number of hydrogen-bond donors (Lipinski definition) is 1. The van der Waals surface area contributed by atoms with Crippen LogP contribution in [0.5, 0.6) is 5.75 Å². The van der Waals surface area contributed by atoms with E-state index in [1.54, 1.807) is 0 Å². The molecule has 0 radical (unpaired) electrons. The summed E-state index contributed by atoms with van der Waals surface area (Å²) >= 11 is 0. The lowest BCUT2D eigenvalue weighted by atomic mass is 10.1. The van der Waals surface area contributed by atoms with Crippen LogP contribution in [-0.2, 0) is 0 Å². The van der Waals surface area contributed by atoms with Gasteiger partial charge in [0.25, 0.3) is 0 Å². The monoisotopic (exact) mass is 212 g/mol. The highest BCUT2D eigenvalue weighted by Crippen LogP contribution is 2.37. The van der Waals surface area contributed by atoms with Gasteiger partial charge < -0.3 is 9.42 Å². The molecule has 0 aliphatic rings. The zero-order chi connectivity index (χ0) is 10.6. The second-order valence-corrected chi connectivity index (χ2v) is 4.72. The number of para-hydroxylation sites is 1. The van der Waals surface area contributed by atoms with Crippen LogP contribution < -0.4 is 4.52 Å². The van der Waals surface area contributed by atoms with E-state index in [-0.39, 0.29) is 0 Å². The third-order valence-electron chi connectivity index (χ3n) is 2.02. The predicted octanol–water partition coefficient (Wildman–Crippen LogP) is 3.40. The molecule has 0 aromatic heterocycles. The first-order valence-electron chi connectivity index (χ1n) is 4.85. The number of hydrogen-bond acceptors (Lipinski definition) is 2. The molecule has 0 heterocycles. The summed E-state index contributed by atoms with van der Waals surface area (Å²) in [6.45, 7) is 6.04. The van der Waals surface area contributed by atoms with Gasteiger partial charge in [-0.1, -0.05) is 25.1 Å². The van der Waals surface area contributed by atoms with Crippen molar-refractivity contribution in [1.29, 1.82) is 0 Å². The molecular formula is C11H17O2P. The number of rotatable bonds is 4. The average Bonchev–Trinajstić information content (AvgIpc) is 2.12. The van der Waals surface area contributed by atoms with Crippen LogP contribution >= 0.6 is 8.38 Å². The molecule has 1 rings (SSSR count). The van der Waals surface area contributed by atoms with Crippen LogP contribution in [0.2, 0.25) is 0 Å². The molecule has 0 fully saturated rings. The molecule has 1 atom stereocenters. The van der Waals surface area contributed by atoms with Crippen molar-refractivity contribution in [3.63, 3.8) is 0 Å². The van der Waals surface area contributed by atoms with E-state index in [9.17, 15) is 4.89 Å². The first-order valence-corrected chi connectivity index (χ1v) is 6.25. The Bertz CT molecular complexity index is 279. The fraction of sp³-hybridized carbons (Fsp3) is 0.455. The quantitative estimate of drug-likeness (QED) is 0.775. The van der Waals surface area contributed by atoms with Crippen molar-refractivity contribution >= 4 is 8.38 Å². The van der Waals surface area contributed by atoms with Gasteiger partial charge in [-0.3, -0.25) is 0 Å². The fourth-order valence-electron chi connectivity index (χ4n) is 1.29. The lowest BCUT2D eigenvalue weighted by molar-refractivity contribution is 0.481. The Hall–Kier alpha value is -0.590. The van der Waals surface area contributed by atoms with E-state index in [2.05, 4.69) is 0 Å². The van der Waals surface area contributed by atoms with E-state index in [0.29, 0.717) is 0 Å². The molecule has 1 N–H and O–H groups in total. The summed E-state index contributed by atoms with van der Waals surface area (Å²) in [6.07, 6.45) is 1.69. The first kappa shape index (κ1) is 11.5. The van der Waals surface area contributed by atoms with Gasteiger partial charge in [-0.05, 0) is 31.4 Å². The van der Waals surface area contributed by atoms with Gasteiger partial charge in [-0.25, -0.2) is 0 Å². The predicted molar refractivity (Wildman–Crippen MR) is 60.8 cm³/mol. The largest absolute Gasteiger partial charge is 0.447 e. The molecule has 0 aliphatic carbocycles. The van der Waals surface area contributed by atoms with Crippen LogP contribution in [0.3, 0.4) is 0 Å². The highest BCUT2D eigenvalue weighted by Gasteiger charge is 2.09. The van der Waals surface area contributed by atoms with Gasteiger partial charge in [0.05, 0.1) is 0 Å². The maximum Gasteiger partial charge on any atom is 0.227 e. The van der Waals surface area contributed by atoms with Crippen LogP contribution in [-0.4, -0.2) is 11.1 Å². The summed E-state index contributed by atoms with van der Waals surface area (Å²) < 4.78 is 5.54. The van der Waals surface area contributed by atoms with Crippen LogP contribution in [0.4, 0.5) is 0 Å². The third kappa shape index (κ3) is 2.97. The van der Waals surface area contributed by atoms with E-state index >= 15 is 0 Å². The van der Waals surface area contributed by atoms with Gasteiger partial charge in [-0.15, -0.1) is 0 Å². The zero-order valence-electron chi connectivity index (χ0n) is 8.95. The molecular weight excluding hydrogens is 195 g/mol. The topological polar surface area (TPSA) is 29.5 Å². The maximum absolute atomic E-state index is 9.59. The molecule has 0 saturated heterocycles. The Labute approximate surface area is 86.8 Å². The van der Waals surface area contributed by atoms with Crippen molar-refractivity contribution in [1.82, 2.24) is 0 Å². The van der Waals surface area contributed by atoms with Gasteiger partial charge in [0.2, 0.25) is 8.38 Å². The van der Waals surface area contributed by atoms with Crippen molar-refractivity contribution < 1.29 is 9.42 Å². The van der Waals surface area contributed by atoms with Crippen LogP contribution in [0, 0.1) is 13.8 Å². The van der Waals surface area contributed by atoms with Gasteiger partial charge in [0, 0.05) is 6.16 Å². The van der Waals surface area contributed by atoms with E-state index in [1.165, 1.54) is 0 Å². The fourth-order valence-corrected chi connectivity index (χ4v) is 2.26. The second-order valence-electron chi connectivity index (χ2n) is 3.39. The molecule has 1 aromatic carbocycles. The highest BCUT2D eigenvalue weighted by atomic mass is 31.2. The Kier molecular flexibility index (Phi) is 4.37. The minimum atomic E-state index is -1.29. The molecule has 0 spiro atoms. The van der Waals surface area contributed by atoms with Crippen molar-refractivity contribution in [3.8, 4) is 5.75 Å². The summed E-state index contributed by atoms with van der Waals surface area (Å²) in [6, 6.07) is 5.99. The minimum absolute atomic E-state index is 0.739. The first-order chi connectivity index (χ1) is 6.65. The van der Waals surface area contributed by atoms with E-state index in [0.717, 1.165) is 29.5 Å². The highest BCUT2D eigenvalue weighted by molar-refractivity contribution is 7.46. The Morgan fingerprint density at radius 2 is 1.86 bits per heavy atom. The number of aryl methyl sites for hydroxylation is 2. The number of benzene rings is 1.